The first-order valence-electron chi connectivity index (χ1n) is 6.33. The van der Waals surface area contributed by atoms with Crippen molar-refractivity contribution in [2.75, 3.05) is 7.11 Å². The number of alkyl halides is 1. The number of benzene rings is 1. The fraction of sp³-hybridized carbons (Fsp3) is 0.600. The van der Waals surface area contributed by atoms with E-state index in [1.165, 1.54) is 0 Å². The van der Waals surface area contributed by atoms with Crippen molar-refractivity contribution in [3.05, 3.63) is 27.7 Å². The van der Waals surface area contributed by atoms with E-state index in [9.17, 15) is 0 Å². The molecule has 0 aromatic heterocycles. The molecule has 1 aromatic carbocycles. The average Bonchev–Trinajstić information content (AvgIpc) is 2.30. The van der Waals surface area contributed by atoms with E-state index in [-0.39, 0.29) is 10.2 Å². The van der Waals surface area contributed by atoms with Crippen LogP contribution < -0.4 is 4.74 Å². The zero-order valence-electron chi connectivity index (χ0n) is 12.1. The largest absolute Gasteiger partial charge is 0.495 e. The highest BCUT2D eigenvalue weighted by atomic mass is 79.9. The lowest BCUT2D eigenvalue weighted by molar-refractivity contribution is 0.246. The molecule has 0 heterocycles. The Kier molecular flexibility index (Phi) is 6.03. The molecule has 1 rings (SSSR count). The lowest BCUT2D eigenvalue weighted by atomic mass is 9.79. The average molecular weight is 368 g/mol. The van der Waals surface area contributed by atoms with Gasteiger partial charge in [0.15, 0.2) is 0 Å². The number of hydrogen-bond acceptors (Lipinski definition) is 1. The van der Waals surface area contributed by atoms with E-state index in [1.807, 2.05) is 6.07 Å². The summed E-state index contributed by atoms with van der Waals surface area (Å²) in [5.74, 6) is 1.17. The summed E-state index contributed by atoms with van der Waals surface area (Å²) in [6, 6.07) is 3.66. The van der Waals surface area contributed by atoms with Crippen molar-refractivity contribution in [3.8, 4) is 5.75 Å². The molecule has 0 saturated heterocycles. The summed E-state index contributed by atoms with van der Waals surface area (Å²) < 4.78 is 5.16. The number of ether oxygens (including phenoxy) is 1. The van der Waals surface area contributed by atoms with Crippen LogP contribution in [0.15, 0.2) is 12.1 Å². The molecular weight excluding hydrogens is 347 g/mol. The second kappa shape index (κ2) is 6.69. The minimum absolute atomic E-state index is 0.192. The zero-order valence-corrected chi connectivity index (χ0v) is 15.2. The van der Waals surface area contributed by atoms with Gasteiger partial charge in [-0.25, -0.2) is 0 Å². The Labute approximate surface area is 134 Å². The summed E-state index contributed by atoms with van der Waals surface area (Å²) in [7, 11) is 1.59. The Morgan fingerprint density at radius 3 is 2.26 bits per heavy atom. The maximum absolute atomic E-state index is 6.30. The standard InChI is InChI=1S/C15H21BrCl2O/c1-9(15(2,3)4)6-11(16)10-7-13(18)14(19-5)8-12(10)17/h7-9,11H,6H2,1-5H3. The minimum Gasteiger partial charge on any atom is -0.495 e. The molecule has 4 heteroatoms. The Morgan fingerprint density at radius 2 is 1.79 bits per heavy atom. The Balaban J connectivity index is 2.94. The molecule has 0 saturated carbocycles. The van der Waals surface area contributed by atoms with Crippen LogP contribution in [0, 0.1) is 11.3 Å². The first kappa shape index (κ1) is 17.1. The molecule has 0 aliphatic carbocycles. The fourth-order valence-corrected chi connectivity index (χ4v) is 3.34. The summed E-state index contributed by atoms with van der Waals surface area (Å²) in [4.78, 5) is 0.192. The van der Waals surface area contributed by atoms with Gasteiger partial charge in [0.1, 0.15) is 5.75 Å². The van der Waals surface area contributed by atoms with Crippen molar-refractivity contribution in [1.29, 1.82) is 0 Å². The molecule has 0 bridgehead atoms. The summed E-state index contributed by atoms with van der Waals surface area (Å²) in [5.41, 5.74) is 1.29. The number of rotatable bonds is 4. The highest BCUT2D eigenvalue weighted by Crippen LogP contribution is 2.42. The molecule has 2 unspecified atom stereocenters. The molecule has 1 aromatic rings. The minimum atomic E-state index is 0.192. The van der Waals surface area contributed by atoms with Gasteiger partial charge in [0.2, 0.25) is 0 Å². The SMILES string of the molecule is COc1cc(Cl)c(C(Br)CC(C)C(C)(C)C)cc1Cl. The zero-order chi connectivity index (χ0) is 14.8. The van der Waals surface area contributed by atoms with Crippen LogP contribution in [0.3, 0.4) is 0 Å². The van der Waals surface area contributed by atoms with Crippen LogP contribution in [0.25, 0.3) is 0 Å². The van der Waals surface area contributed by atoms with Gasteiger partial charge in [-0.1, -0.05) is 66.8 Å². The highest BCUT2D eigenvalue weighted by Gasteiger charge is 2.24. The molecule has 0 radical (unpaired) electrons. The van der Waals surface area contributed by atoms with Gasteiger partial charge in [0.05, 0.1) is 12.1 Å². The second-order valence-electron chi connectivity index (χ2n) is 5.98. The quantitative estimate of drug-likeness (QED) is 0.551. The molecule has 19 heavy (non-hydrogen) atoms. The van der Waals surface area contributed by atoms with Crippen molar-refractivity contribution in [2.45, 2.75) is 38.9 Å². The molecule has 0 spiro atoms. The van der Waals surface area contributed by atoms with Crippen LogP contribution in [0.4, 0.5) is 0 Å². The van der Waals surface area contributed by atoms with Gasteiger partial charge in [0, 0.05) is 15.9 Å². The van der Waals surface area contributed by atoms with E-state index in [0.29, 0.717) is 21.7 Å². The third-order valence-corrected chi connectivity index (χ3v) is 5.14. The van der Waals surface area contributed by atoms with Crippen LogP contribution in [0.5, 0.6) is 5.75 Å². The first-order valence-corrected chi connectivity index (χ1v) is 8.01. The lowest BCUT2D eigenvalue weighted by Gasteiger charge is -2.29. The molecule has 0 amide bonds. The van der Waals surface area contributed by atoms with Crippen LogP contribution in [0.2, 0.25) is 10.0 Å². The van der Waals surface area contributed by atoms with Gasteiger partial charge in [-0.15, -0.1) is 0 Å². The van der Waals surface area contributed by atoms with Gasteiger partial charge in [-0.3, -0.25) is 0 Å². The van der Waals surface area contributed by atoms with E-state index in [0.717, 1.165) is 12.0 Å². The van der Waals surface area contributed by atoms with Crippen LogP contribution in [-0.4, -0.2) is 7.11 Å². The van der Waals surface area contributed by atoms with Crippen molar-refractivity contribution in [2.24, 2.45) is 11.3 Å². The molecule has 108 valence electrons. The Bertz CT molecular complexity index is 441. The van der Waals surface area contributed by atoms with E-state index in [4.69, 9.17) is 27.9 Å². The first-order chi connectivity index (χ1) is 8.66. The van der Waals surface area contributed by atoms with Crippen LogP contribution >= 0.6 is 39.1 Å². The second-order valence-corrected chi connectivity index (χ2v) is 7.90. The van der Waals surface area contributed by atoms with E-state index in [1.54, 1.807) is 13.2 Å². The lowest BCUT2D eigenvalue weighted by Crippen LogP contribution is -2.18. The van der Waals surface area contributed by atoms with Crippen molar-refractivity contribution in [1.82, 2.24) is 0 Å². The molecular formula is C15H21BrCl2O. The summed E-state index contributed by atoms with van der Waals surface area (Å²) >= 11 is 16.2. The maximum Gasteiger partial charge on any atom is 0.138 e. The Hall–Kier alpha value is 0.0800. The van der Waals surface area contributed by atoms with E-state index >= 15 is 0 Å². The van der Waals surface area contributed by atoms with Crippen molar-refractivity contribution < 1.29 is 4.74 Å². The Morgan fingerprint density at radius 1 is 1.21 bits per heavy atom. The monoisotopic (exact) mass is 366 g/mol. The molecule has 1 nitrogen and oxygen atoms in total. The van der Waals surface area contributed by atoms with Crippen molar-refractivity contribution >= 4 is 39.1 Å². The van der Waals surface area contributed by atoms with Crippen LogP contribution in [-0.2, 0) is 0 Å². The van der Waals surface area contributed by atoms with Crippen LogP contribution in [0.1, 0.15) is 44.5 Å². The predicted molar refractivity (Wildman–Crippen MR) is 87.9 cm³/mol. The number of hydrogen-bond donors (Lipinski definition) is 0. The highest BCUT2D eigenvalue weighted by molar-refractivity contribution is 9.09. The predicted octanol–water partition coefficient (Wildman–Crippen LogP) is 6.51. The third kappa shape index (κ3) is 4.54. The number of halogens is 3. The molecule has 0 N–H and O–H groups in total. The smallest absolute Gasteiger partial charge is 0.138 e. The summed E-state index contributed by atoms with van der Waals surface area (Å²) in [6.07, 6.45) is 1.01. The molecule has 0 aliphatic heterocycles. The third-order valence-electron chi connectivity index (χ3n) is 3.65. The van der Waals surface area contributed by atoms with Gasteiger partial charge in [-0.2, -0.15) is 0 Å². The van der Waals surface area contributed by atoms with Crippen molar-refractivity contribution in [3.63, 3.8) is 0 Å². The van der Waals surface area contributed by atoms with Gasteiger partial charge >= 0.3 is 0 Å². The summed E-state index contributed by atoms with van der Waals surface area (Å²) in [6.45, 7) is 9.01. The molecule has 0 aliphatic rings. The van der Waals surface area contributed by atoms with Gasteiger partial charge < -0.3 is 4.74 Å². The normalized spacial score (nSPS) is 15.2. The summed E-state index contributed by atoms with van der Waals surface area (Å²) in [5, 5.41) is 1.28. The molecule has 0 fully saturated rings. The fourth-order valence-electron chi connectivity index (χ4n) is 1.73. The maximum atomic E-state index is 6.30. The number of methoxy groups -OCH3 is 1. The van der Waals surface area contributed by atoms with E-state index in [2.05, 4.69) is 43.6 Å². The van der Waals surface area contributed by atoms with Gasteiger partial charge in [0.25, 0.3) is 0 Å². The van der Waals surface area contributed by atoms with E-state index < -0.39 is 0 Å². The topological polar surface area (TPSA) is 9.23 Å². The van der Waals surface area contributed by atoms with Gasteiger partial charge in [-0.05, 0) is 29.4 Å². The molecule has 2 atom stereocenters.